The molecule has 1 saturated heterocycles. The molecule has 0 saturated carbocycles. The highest BCUT2D eigenvalue weighted by Crippen LogP contribution is 2.29. The van der Waals surface area contributed by atoms with Crippen molar-refractivity contribution in [2.45, 2.75) is 32.7 Å². The van der Waals surface area contributed by atoms with Crippen molar-refractivity contribution < 1.29 is 0 Å². The first-order valence-corrected chi connectivity index (χ1v) is 7.17. The fourth-order valence-electron chi connectivity index (χ4n) is 2.51. The molecule has 0 radical (unpaired) electrons. The molecule has 2 N–H and O–H groups in total. The van der Waals surface area contributed by atoms with Crippen LogP contribution in [0.15, 0.2) is 22.7 Å². The van der Waals surface area contributed by atoms with Crippen LogP contribution in [0.4, 0.5) is 5.69 Å². The van der Waals surface area contributed by atoms with Crippen LogP contribution in [0.3, 0.4) is 0 Å². The molecule has 0 spiro atoms. The van der Waals surface area contributed by atoms with E-state index in [1.807, 2.05) is 6.92 Å². The van der Waals surface area contributed by atoms with Crippen LogP contribution in [0.25, 0.3) is 0 Å². The van der Waals surface area contributed by atoms with Crippen molar-refractivity contribution in [2.24, 2.45) is 11.7 Å². The molecule has 0 bridgehead atoms. The van der Waals surface area contributed by atoms with Crippen molar-refractivity contribution in [3.05, 3.63) is 28.2 Å². The Hall–Kier alpha value is -0.540. The molecule has 1 aromatic rings. The SMILES string of the molecule is CC1CCCN(c2ccc(C(C)N)c(Br)c2)C1. The van der Waals surface area contributed by atoms with Gasteiger partial charge in [0.25, 0.3) is 0 Å². The van der Waals surface area contributed by atoms with Crippen LogP contribution >= 0.6 is 15.9 Å². The lowest BCUT2D eigenvalue weighted by Gasteiger charge is -2.33. The summed E-state index contributed by atoms with van der Waals surface area (Å²) in [6.45, 7) is 6.69. The van der Waals surface area contributed by atoms with Crippen LogP contribution in [0, 0.1) is 5.92 Å². The van der Waals surface area contributed by atoms with Gasteiger partial charge >= 0.3 is 0 Å². The Morgan fingerprint density at radius 1 is 1.47 bits per heavy atom. The predicted octanol–water partition coefficient (Wildman–Crippen LogP) is 3.71. The van der Waals surface area contributed by atoms with Gasteiger partial charge in [-0.2, -0.15) is 0 Å². The molecule has 1 aliphatic heterocycles. The normalized spacial score (nSPS) is 22.6. The van der Waals surface area contributed by atoms with Crippen molar-refractivity contribution >= 4 is 21.6 Å². The molecule has 0 aromatic heterocycles. The van der Waals surface area contributed by atoms with E-state index in [1.165, 1.54) is 37.2 Å². The number of halogens is 1. The molecule has 1 aliphatic rings. The van der Waals surface area contributed by atoms with Crippen LogP contribution in [0.1, 0.15) is 38.3 Å². The third-order valence-corrected chi connectivity index (χ3v) is 4.18. The van der Waals surface area contributed by atoms with Crippen molar-refractivity contribution in [3.8, 4) is 0 Å². The summed E-state index contributed by atoms with van der Waals surface area (Å²) in [5.74, 6) is 0.802. The lowest BCUT2D eigenvalue weighted by atomic mass is 9.99. The zero-order valence-corrected chi connectivity index (χ0v) is 12.2. The summed E-state index contributed by atoms with van der Waals surface area (Å²) >= 11 is 3.62. The highest BCUT2D eigenvalue weighted by molar-refractivity contribution is 9.10. The Morgan fingerprint density at radius 2 is 2.24 bits per heavy atom. The lowest BCUT2D eigenvalue weighted by molar-refractivity contribution is 0.447. The highest BCUT2D eigenvalue weighted by Gasteiger charge is 2.17. The van der Waals surface area contributed by atoms with E-state index >= 15 is 0 Å². The summed E-state index contributed by atoms with van der Waals surface area (Å²) in [6, 6.07) is 6.63. The minimum absolute atomic E-state index is 0.0821. The maximum Gasteiger partial charge on any atom is 0.0377 e. The second-order valence-corrected chi connectivity index (χ2v) is 6.04. The van der Waals surface area contributed by atoms with Gasteiger partial charge < -0.3 is 10.6 Å². The molecule has 17 heavy (non-hydrogen) atoms. The number of rotatable bonds is 2. The van der Waals surface area contributed by atoms with Gasteiger partial charge in [0.15, 0.2) is 0 Å². The third kappa shape index (κ3) is 3.02. The number of hydrogen-bond donors (Lipinski definition) is 1. The van der Waals surface area contributed by atoms with Crippen LogP contribution in [0.5, 0.6) is 0 Å². The first-order valence-electron chi connectivity index (χ1n) is 6.38. The standard InChI is InChI=1S/C14H21BrN2/c1-10-4-3-7-17(9-10)12-5-6-13(11(2)16)14(15)8-12/h5-6,8,10-11H,3-4,7,9,16H2,1-2H3. The largest absolute Gasteiger partial charge is 0.371 e. The number of nitrogens with zero attached hydrogens (tertiary/aromatic N) is 1. The molecule has 3 heteroatoms. The molecule has 2 nitrogen and oxygen atoms in total. The van der Waals surface area contributed by atoms with E-state index in [4.69, 9.17) is 5.73 Å². The number of piperidine rings is 1. The summed E-state index contributed by atoms with van der Waals surface area (Å²) in [4.78, 5) is 2.48. The monoisotopic (exact) mass is 296 g/mol. The van der Waals surface area contributed by atoms with Crippen LogP contribution < -0.4 is 10.6 Å². The van der Waals surface area contributed by atoms with Gasteiger partial charge in [0, 0.05) is 29.3 Å². The van der Waals surface area contributed by atoms with Gasteiger partial charge in [-0.05, 0) is 43.4 Å². The van der Waals surface area contributed by atoms with Crippen molar-refractivity contribution in [1.29, 1.82) is 0 Å². The number of anilines is 1. The molecule has 94 valence electrons. The molecule has 2 atom stereocenters. The minimum Gasteiger partial charge on any atom is -0.371 e. The summed E-state index contributed by atoms with van der Waals surface area (Å²) < 4.78 is 1.13. The van der Waals surface area contributed by atoms with Gasteiger partial charge in [-0.25, -0.2) is 0 Å². The van der Waals surface area contributed by atoms with Gasteiger partial charge in [0.1, 0.15) is 0 Å². The summed E-state index contributed by atoms with van der Waals surface area (Å²) in [6.07, 6.45) is 2.66. The molecule has 1 aromatic carbocycles. The maximum absolute atomic E-state index is 5.92. The van der Waals surface area contributed by atoms with E-state index in [0.29, 0.717) is 0 Å². The van der Waals surface area contributed by atoms with Gasteiger partial charge in [0.05, 0.1) is 0 Å². The molecular formula is C14H21BrN2. The highest BCUT2D eigenvalue weighted by atomic mass is 79.9. The van der Waals surface area contributed by atoms with Gasteiger partial charge in [-0.1, -0.05) is 28.9 Å². The Labute approximate surface area is 112 Å². The van der Waals surface area contributed by atoms with E-state index in [9.17, 15) is 0 Å². The molecule has 1 fully saturated rings. The second kappa shape index (κ2) is 5.40. The van der Waals surface area contributed by atoms with Gasteiger partial charge in [-0.3, -0.25) is 0 Å². The molecule has 1 heterocycles. The van der Waals surface area contributed by atoms with E-state index in [0.717, 1.165) is 10.4 Å². The van der Waals surface area contributed by atoms with Crippen LogP contribution in [-0.2, 0) is 0 Å². The fraction of sp³-hybridized carbons (Fsp3) is 0.571. The summed E-state index contributed by atoms with van der Waals surface area (Å²) in [5.41, 5.74) is 8.41. The number of nitrogens with two attached hydrogens (primary N) is 1. The topological polar surface area (TPSA) is 29.3 Å². The number of hydrogen-bond acceptors (Lipinski definition) is 2. The third-order valence-electron chi connectivity index (χ3n) is 3.50. The van der Waals surface area contributed by atoms with Crippen molar-refractivity contribution in [2.75, 3.05) is 18.0 Å². The molecule has 0 aliphatic carbocycles. The van der Waals surface area contributed by atoms with Crippen molar-refractivity contribution in [3.63, 3.8) is 0 Å². The number of benzene rings is 1. The summed E-state index contributed by atoms with van der Waals surface area (Å²) in [7, 11) is 0. The molecule has 2 rings (SSSR count). The Bertz CT molecular complexity index is 390. The first-order chi connectivity index (χ1) is 8.08. The maximum atomic E-state index is 5.92. The Morgan fingerprint density at radius 3 is 2.82 bits per heavy atom. The average Bonchev–Trinajstić information content (AvgIpc) is 2.28. The van der Waals surface area contributed by atoms with E-state index < -0.39 is 0 Å². The van der Waals surface area contributed by atoms with Crippen LogP contribution in [0.2, 0.25) is 0 Å². The fourth-order valence-corrected chi connectivity index (χ4v) is 3.23. The van der Waals surface area contributed by atoms with E-state index in [2.05, 4.69) is 46.0 Å². The van der Waals surface area contributed by atoms with Gasteiger partial charge in [0.2, 0.25) is 0 Å². The lowest BCUT2D eigenvalue weighted by Crippen LogP contribution is -2.34. The quantitative estimate of drug-likeness (QED) is 0.901. The first kappa shape index (κ1) is 12.9. The van der Waals surface area contributed by atoms with Crippen molar-refractivity contribution in [1.82, 2.24) is 0 Å². The molecule has 2 unspecified atom stereocenters. The summed E-state index contributed by atoms with van der Waals surface area (Å²) in [5, 5.41) is 0. The smallest absolute Gasteiger partial charge is 0.0377 e. The molecule has 0 amide bonds. The zero-order chi connectivity index (χ0) is 12.4. The minimum atomic E-state index is 0.0821. The molecular weight excluding hydrogens is 276 g/mol. The second-order valence-electron chi connectivity index (χ2n) is 5.19. The predicted molar refractivity (Wildman–Crippen MR) is 77.4 cm³/mol. The Kier molecular flexibility index (Phi) is 4.10. The van der Waals surface area contributed by atoms with E-state index in [-0.39, 0.29) is 6.04 Å². The Balaban J connectivity index is 2.19. The van der Waals surface area contributed by atoms with Gasteiger partial charge in [-0.15, -0.1) is 0 Å². The zero-order valence-electron chi connectivity index (χ0n) is 10.6. The van der Waals surface area contributed by atoms with Crippen LogP contribution in [-0.4, -0.2) is 13.1 Å². The average molecular weight is 297 g/mol. The van der Waals surface area contributed by atoms with E-state index in [1.54, 1.807) is 0 Å².